The minimum absolute atomic E-state index is 0.361. The van der Waals surface area contributed by atoms with Gasteiger partial charge in [0.05, 0.1) is 18.6 Å². The van der Waals surface area contributed by atoms with Crippen LogP contribution in [-0.4, -0.2) is 32.8 Å². The van der Waals surface area contributed by atoms with Crippen molar-refractivity contribution >= 4 is 5.82 Å². The Morgan fingerprint density at radius 1 is 1.35 bits per heavy atom. The van der Waals surface area contributed by atoms with Crippen LogP contribution < -0.4 is 4.90 Å². The van der Waals surface area contributed by atoms with Gasteiger partial charge in [0.15, 0.2) is 5.69 Å². The van der Waals surface area contributed by atoms with Crippen LogP contribution >= 0.6 is 0 Å². The van der Waals surface area contributed by atoms with Crippen molar-refractivity contribution in [2.75, 3.05) is 18.0 Å². The molecule has 20 heavy (non-hydrogen) atoms. The zero-order valence-electron chi connectivity index (χ0n) is 11.4. The molecule has 3 rings (SSSR count). The average molecular weight is 268 g/mol. The molecule has 2 aromatic heterocycles. The Bertz CT molecular complexity index is 624. The quantitative estimate of drug-likeness (QED) is 0.835. The van der Waals surface area contributed by atoms with Crippen LogP contribution in [0.5, 0.6) is 0 Å². The molecule has 0 N–H and O–H groups in total. The van der Waals surface area contributed by atoms with Crippen molar-refractivity contribution in [1.29, 1.82) is 5.26 Å². The first kappa shape index (κ1) is 12.6. The molecule has 0 saturated carbocycles. The molecule has 0 radical (unpaired) electrons. The van der Waals surface area contributed by atoms with E-state index < -0.39 is 0 Å². The van der Waals surface area contributed by atoms with Crippen LogP contribution in [0.25, 0.3) is 0 Å². The lowest BCUT2D eigenvalue weighted by Crippen LogP contribution is -2.21. The maximum absolute atomic E-state index is 8.73. The zero-order chi connectivity index (χ0) is 13.9. The summed E-state index contributed by atoms with van der Waals surface area (Å²) in [6.07, 6.45) is 9.42. The SMILES string of the molecule is Cn1cc(CC2CCN(c3cnc(C#N)cn3)C2)cn1. The minimum Gasteiger partial charge on any atom is -0.355 e. The Morgan fingerprint density at radius 3 is 2.90 bits per heavy atom. The van der Waals surface area contributed by atoms with Crippen molar-refractivity contribution in [2.24, 2.45) is 13.0 Å². The van der Waals surface area contributed by atoms with Crippen LogP contribution in [0.3, 0.4) is 0 Å². The lowest BCUT2D eigenvalue weighted by molar-refractivity contribution is 0.586. The van der Waals surface area contributed by atoms with E-state index in [0.717, 1.165) is 31.7 Å². The fraction of sp³-hybridized carbons (Fsp3) is 0.429. The van der Waals surface area contributed by atoms with Gasteiger partial charge in [0.25, 0.3) is 0 Å². The third kappa shape index (κ3) is 2.62. The van der Waals surface area contributed by atoms with Crippen LogP contribution in [-0.2, 0) is 13.5 Å². The molecule has 1 fully saturated rings. The summed E-state index contributed by atoms with van der Waals surface area (Å²) in [4.78, 5) is 10.6. The molecule has 6 heteroatoms. The van der Waals surface area contributed by atoms with Gasteiger partial charge in [-0.25, -0.2) is 9.97 Å². The van der Waals surface area contributed by atoms with Crippen LogP contribution in [0, 0.1) is 17.2 Å². The number of aromatic nitrogens is 4. The van der Waals surface area contributed by atoms with E-state index in [1.807, 2.05) is 24.0 Å². The van der Waals surface area contributed by atoms with E-state index in [1.165, 1.54) is 11.8 Å². The third-order valence-electron chi connectivity index (χ3n) is 3.65. The number of aryl methyl sites for hydroxylation is 1. The number of rotatable bonds is 3. The lowest BCUT2D eigenvalue weighted by atomic mass is 10.0. The highest BCUT2D eigenvalue weighted by atomic mass is 15.2. The fourth-order valence-electron chi connectivity index (χ4n) is 2.66. The zero-order valence-corrected chi connectivity index (χ0v) is 11.4. The van der Waals surface area contributed by atoms with Crippen molar-refractivity contribution in [3.63, 3.8) is 0 Å². The van der Waals surface area contributed by atoms with E-state index in [1.54, 1.807) is 6.20 Å². The molecule has 1 aliphatic heterocycles. The van der Waals surface area contributed by atoms with E-state index in [2.05, 4.69) is 26.2 Å². The molecule has 3 heterocycles. The summed E-state index contributed by atoms with van der Waals surface area (Å²) in [5, 5.41) is 12.9. The Kier molecular flexibility index (Phi) is 3.33. The first-order valence-corrected chi connectivity index (χ1v) is 6.69. The van der Waals surface area contributed by atoms with Gasteiger partial charge in [-0.1, -0.05) is 0 Å². The largest absolute Gasteiger partial charge is 0.355 e. The summed E-state index contributed by atoms with van der Waals surface area (Å²) in [6.45, 7) is 1.97. The predicted molar refractivity (Wildman–Crippen MR) is 74.0 cm³/mol. The average Bonchev–Trinajstić information content (AvgIpc) is 3.09. The second kappa shape index (κ2) is 5.29. The molecule has 0 aliphatic carbocycles. The topological polar surface area (TPSA) is 70.6 Å². The van der Waals surface area contributed by atoms with Gasteiger partial charge in [-0.2, -0.15) is 10.4 Å². The summed E-state index contributed by atoms with van der Waals surface area (Å²) in [7, 11) is 1.94. The van der Waals surface area contributed by atoms with Crippen LogP contribution in [0.2, 0.25) is 0 Å². The smallest absolute Gasteiger partial charge is 0.158 e. The first-order chi connectivity index (χ1) is 9.74. The number of hydrogen-bond donors (Lipinski definition) is 0. The standard InChI is InChI=1S/C14H16N6/c1-19-9-12(6-18-19)4-11-2-3-20(10-11)14-8-16-13(5-15)7-17-14/h6-9,11H,2-4,10H2,1H3. The molecule has 1 atom stereocenters. The van der Waals surface area contributed by atoms with Gasteiger partial charge in [-0.15, -0.1) is 0 Å². The Labute approximate surface area is 117 Å². The molecule has 0 amide bonds. The number of hydrogen-bond acceptors (Lipinski definition) is 5. The maximum Gasteiger partial charge on any atom is 0.158 e. The van der Waals surface area contributed by atoms with Gasteiger partial charge in [0, 0.05) is 26.3 Å². The van der Waals surface area contributed by atoms with Crippen molar-refractivity contribution in [1.82, 2.24) is 19.7 Å². The summed E-state index contributed by atoms with van der Waals surface area (Å²) in [5.74, 6) is 1.48. The van der Waals surface area contributed by atoms with Gasteiger partial charge < -0.3 is 4.90 Å². The summed E-state index contributed by atoms with van der Waals surface area (Å²) in [6, 6.07) is 1.99. The van der Waals surface area contributed by atoms with E-state index in [0.29, 0.717) is 11.6 Å². The van der Waals surface area contributed by atoms with Crippen molar-refractivity contribution in [3.05, 3.63) is 36.0 Å². The van der Waals surface area contributed by atoms with Crippen molar-refractivity contribution in [2.45, 2.75) is 12.8 Å². The van der Waals surface area contributed by atoms with Gasteiger partial charge in [-0.3, -0.25) is 4.68 Å². The Morgan fingerprint density at radius 2 is 2.25 bits per heavy atom. The van der Waals surface area contributed by atoms with E-state index >= 15 is 0 Å². The first-order valence-electron chi connectivity index (χ1n) is 6.69. The van der Waals surface area contributed by atoms with Gasteiger partial charge >= 0.3 is 0 Å². The monoisotopic (exact) mass is 268 g/mol. The van der Waals surface area contributed by atoms with Crippen LogP contribution in [0.15, 0.2) is 24.8 Å². The molecule has 0 bridgehead atoms. The fourth-order valence-corrected chi connectivity index (χ4v) is 2.66. The third-order valence-corrected chi connectivity index (χ3v) is 3.65. The molecular formula is C14H16N6. The summed E-state index contributed by atoms with van der Waals surface area (Å²) >= 11 is 0. The van der Waals surface area contributed by atoms with Gasteiger partial charge in [-0.05, 0) is 24.3 Å². The number of nitrogens with zero attached hydrogens (tertiary/aromatic N) is 6. The van der Waals surface area contributed by atoms with E-state index in [-0.39, 0.29) is 0 Å². The molecule has 1 unspecified atom stereocenters. The lowest BCUT2D eigenvalue weighted by Gasteiger charge is -2.16. The molecule has 1 saturated heterocycles. The van der Waals surface area contributed by atoms with Crippen molar-refractivity contribution < 1.29 is 0 Å². The minimum atomic E-state index is 0.361. The number of anilines is 1. The highest BCUT2D eigenvalue weighted by Gasteiger charge is 2.24. The highest BCUT2D eigenvalue weighted by Crippen LogP contribution is 2.24. The molecule has 0 aromatic carbocycles. The van der Waals surface area contributed by atoms with E-state index in [9.17, 15) is 0 Å². The van der Waals surface area contributed by atoms with Crippen LogP contribution in [0.4, 0.5) is 5.82 Å². The summed E-state index contributed by atoms with van der Waals surface area (Å²) in [5.41, 5.74) is 1.64. The summed E-state index contributed by atoms with van der Waals surface area (Å²) < 4.78 is 1.84. The number of nitriles is 1. The molecule has 6 nitrogen and oxygen atoms in total. The van der Waals surface area contributed by atoms with Crippen molar-refractivity contribution in [3.8, 4) is 6.07 Å². The molecule has 1 aliphatic rings. The van der Waals surface area contributed by atoms with Gasteiger partial charge in [0.2, 0.25) is 0 Å². The Hall–Kier alpha value is -2.42. The molecule has 0 spiro atoms. The normalized spacial score (nSPS) is 18.2. The van der Waals surface area contributed by atoms with Gasteiger partial charge in [0.1, 0.15) is 11.9 Å². The molecule has 102 valence electrons. The predicted octanol–water partition coefficient (Wildman–Crippen LogP) is 1.15. The van der Waals surface area contributed by atoms with Crippen LogP contribution in [0.1, 0.15) is 17.7 Å². The Balaban J connectivity index is 1.62. The molecule has 2 aromatic rings. The molecular weight excluding hydrogens is 252 g/mol. The maximum atomic E-state index is 8.73. The second-order valence-corrected chi connectivity index (χ2v) is 5.20. The highest BCUT2D eigenvalue weighted by molar-refractivity contribution is 5.38. The van der Waals surface area contributed by atoms with E-state index in [4.69, 9.17) is 5.26 Å². The second-order valence-electron chi connectivity index (χ2n) is 5.20.